The Kier molecular flexibility index (Phi) is 3.64. The summed E-state index contributed by atoms with van der Waals surface area (Å²) in [6.07, 6.45) is -3.88. The number of pyridine rings is 1. The molecule has 0 aliphatic carbocycles. The average Bonchev–Trinajstić information content (AvgIpc) is 2.62. The van der Waals surface area contributed by atoms with E-state index < -0.39 is 22.3 Å². The minimum atomic E-state index is -4.58. The minimum Gasteiger partial charge on any atom is -0.444 e. The van der Waals surface area contributed by atoms with Crippen LogP contribution in [0, 0.1) is 13.8 Å². The molecule has 2 heterocycles. The van der Waals surface area contributed by atoms with Gasteiger partial charge in [-0.05, 0) is 19.9 Å². The van der Waals surface area contributed by atoms with Crippen molar-refractivity contribution in [1.82, 2.24) is 9.55 Å². The Morgan fingerprint density at radius 3 is 2.55 bits per heavy atom. The second-order valence-corrected chi connectivity index (χ2v) is 4.66. The molecule has 108 valence electrons. The Morgan fingerprint density at radius 2 is 2.05 bits per heavy atom. The summed E-state index contributed by atoms with van der Waals surface area (Å²) in [5, 5.41) is -0.500. The van der Waals surface area contributed by atoms with Crippen molar-refractivity contribution in [2.75, 3.05) is 0 Å². The molecule has 2 aromatic rings. The van der Waals surface area contributed by atoms with Crippen molar-refractivity contribution in [1.29, 1.82) is 0 Å². The van der Waals surface area contributed by atoms with Gasteiger partial charge in [-0.25, -0.2) is 4.98 Å². The van der Waals surface area contributed by atoms with Gasteiger partial charge in [-0.1, -0.05) is 11.6 Å². The highest BCUT2D eigenvalue weighted by Crippen LogP contribution is 2.29. The molecule has 0 spiro atoms. The van der Waals surface area contributed by atoms with Crippen LogP contribution in [0.2, 0.25) is 5.02 Å². The zero-order valence-electron chi connectivity index (χ0n) is 10.6. The number of aryl methyl sites for hydroxylation is 2. The van der Waals surface area contributed by atoms with Crippen LogP contribution >= 0.6 is 11.6 Å². The summed E-state index contributed by atoms with van der Waals surface area (Å²) in [5.41, 5.74) is -1.11. The van der Waals surface area contributed by atoms with Crippen LogP contribution in [-0.2, 0) is 12.7 Å². The predicted octanol–water partition coefficient (Wildman–Crippen LogP) is 3.17. The maximum absolute atomic E-state index is 12.7. The number of oxazole rings is 1. The molecule has 4 nitrogen and oxygen atoms in total. The quantitative estimate of drug-likeness (QED) is 0.856. The van der Waals surface area contributed by atoms with Gasteiger partial charge >= 0.3 is 6.18 Å². The fourth-order valence-electron chi connectivity index (χ4n) is 1.62. The molecule has 0 radical (unpaired) electrons. The molecule has 0 amide bonds. The maximum atomic E-state index is 12.7. The smallest absolute Gasteiger partial charge is 0.417 e. The van der Waals surface area contributed by atoms with Crippen LogP contribution in [0.4, 0.5) is 13.2 Å². The van der Waals surface area contributed by atoms with E-state index in [1.54, 1.807) is 13.8 Å². The van der Waals surface area contributed by atoms with Crippen molar-refractivity contribution in [3.63, 3.8) is 0 Å². The largest absolute Gasteiger partial charge is 0.444 e. The number of halogens is 4. The number of hydrogen-bond acceptors (Lipinski definition) is 3. The van der Waals surface area contributed by atoms with E-state index in [9.17, 15) is 18.0 Å². The Hall–Kier alpha value is -1.76. The Bertz CT molecular complexity index is 684. The van der Waals surface area contributed by atoms with Crippen molar-refractivity contribution in [2.45, 2.75) is 26.6 Å². The first-order valence-corrected chi connectivity index (χ1v) is 5.96. The summed E-state index contributed by atoms with van der Waals surface area (Å²) < 4.78 is 44.1. The van der Waals surface area contributed by atoms with Crippen LogP contribution in [0.25, 0.3) is 0 Å². The Labute approximate surface area is 116 Å². The van der Waals surface area contributed by atoms with E-state index in [0.717, 1.165) is 4.57 Å². The zero-order valence-corrected chi connectivity index (χ0v) is 11.3. The Balaban J connectivity index is 2.46. The molecule has 0 aliphatic rings. The van der Waals surface area contributed by atoms with E-state index in [4.69, 9.17) is 16.0 Å². The van der Waals surface area contributed by atoms with Crippen LogP contribution in [0.3, 0.4) is 0 Å². The monoisotopic (exact) mass is 306 g/mol. The third-order valence-electron chi connectivity index (χ3n) is 2.75. The lowest BCUT2D eigenvalue weighted by Crippen LogP contribution is -2.23. The lowest BCUT2D eigenvalue weighted by molar-refractivity contribution is -0.138. The van der Waals surface area contributed by atoms with Gasteiger partial charge in [0, 0.05) is 6.20 Å². The highest BCUT2D eigenvalue weighted by molar-refractivity contribution is 6.30. The fourth-order valence-corrected chi connectivity index (χ4v) is 1.85. The zero-order chi connectivity index (χ0) is 15.1. The van der Waals surface area contributed by atoms with E-state index in [1.165, 1.54) is 0 Å². The SMILES string of the molecule is Cc1nc(Cn2cc(C(F)(F)F)cc(Cl)c2=O)oc1C. The highest BCUT2D eigenvalue weighted by Gasteiger charge is 2.32. The molecule has 20 heavy (non-hydrogen) atoms. The molecule has 0 fully saturated rings. The van der Waals surface area contributed by atoms with Crippen molar-refractivity contribution < 1.29 is 17.6 Å². The van der Waals surface area contributed by atoms with Gasteiger partial charge in [-0.15, -0.1) is 0 Å². The number of nitrogens with zero attached hydrogens (tertiary/aromatic N) is 2. The molecule has 0 saturated carbocycles. The molecule has 0 aromatic carbocycles. The normalized spacial score (nSPS) is 11.9. The summed E-state index contributed by atoms with van der Waals surface area (Å²) in [6, 6.07) is 0.604. The molecule has 2 rings (SSSR count). The van der Waals surface area contributed by atoms with Gasteiger partial charge < -0.3 is 8.98 Å². The van der Waals surface area contributed by atoms with Gasteiger partial charge in [0.05, 0.1) is 11.3 Å². The van der Waals surface area contributed by atoms with Gasteiger partial charge in [0.15, 0.2) is 0 Å². The Morgan fingerprint density at radius 1 is 1.40 bits per heavy atom. The molecule has 2 aromatic heterocycles. The first-order chi connectivity index (χ1) is 9.18. The first kappa shape index (κ1) is 14.6. The summed E-state index contributed by atoms with van der Waals surface area (Å²) in [4.78, 5) is 15.8. The van der Waals surface area contributed by atoms with Crippen LogP contribution in [0.15, 0.2) is 21.5 Å². The third kappa shape index (κ3) is 2.87. The lowest BCUT2D eigenvalue weighted by atomic mass is 10.2. The van der Waals surface area contributed by atoms with Crippen molar-refractivity contribution >= 4 is 11.6 Å². The van der Waals surface area contributed by atoms with Crippen molar-refractivity contribution in [2.24, 2.45) is 0 Å². The van der Waals surface area contributed by atoms with Gasteiger partial charge in [-0.3, -0.25) is 4.79 Å². The molecular weight excluding hydrogens is 297 g/mol. The minimum absolute atomic E-state index is 0.150. The van der Waals surface area contributed by atoms with Gasteiger partial charge in [-0.2, -0.15) is 13.2 Å². The fraction of sp³-hybridized carbons (Fsp3) is 0.333. The van der Waals surface area contributed by atoms with Crippen LogP contribution in [0.1, 0.15) is 22.9 Å². The predicted molar refractivity (Wildman–Crippen MR) is 65.8 cm³/mol. The van der Waals surface area contributed by atoms with E-state index in [-0.39, 0.29) is 12.4 Å². The standard InChI is InChI=1S/C12H10ClF3N2O2/c1-6-7(2)20-10(17-6)5-18-4-8(12(14,15)16)3-9(13)11(18)19/h3-4H,5H2,1-2H3. The van der Waals surface area contributed by atoms with E-state index in [1.807, 2.05) is 0 Å². The first-order valence-electron chi connectivity index (χ1n) is 5.58. The molecular formula is C12H10ClF3N2O2. The van der Waals surface area contributed by atoms with E-state index in [2.05, 4.69) is 4.98 Å². The second kappa shape index (κ2) is 4.97. The van der Waals surface area contributed by atoms with Crippen molar-refractivity contribution in [3.05, 3.63) is 50.5 Å². The summed E-state index contributed by atoms with van der Waals surface area (Å²) in [6.45, 7) is 3.16. The van der Waals surface area contributed by atoms with Crippen molar-refractivity contribution in [3.8, 4) is 0 Å². The van der Waals surface area contributed by atoms with Crippen LogP contribution in [0.5, 0.6) is 0 Å². The summed E-state index contributed by atoms with van der Waals surface area (Å²) >= 11 is 5.54. The van der Waals surface area contributed by atoms with Gasteiger partial charge in [0.1, 0.15) is 17.3 Å². The number of rotatable bonds is 2. The molecule has 8 heteroatoms. The van der Waals surface area contributed by atoms with Crippen LogP contribution < -0.4 is 5.56 Å². The van der Waals surface area contributed by atoms with Gasteiger partial charge in [0.2, 0.25) is 5.89 Å². The average molecular weight is 307 g/mol. The summed E-state index contributed by atoms with van der Waals surface area (Å²) in [5.74, 6) is 0.698. The number of aromatic nitrogens is 2. The molecule has 0 saturated heterocycles. The highest BCUT2D eigenvalue weighted by atomic mass is 35.5. The van der Waals surface area contributed by atoms with Gasteiger partial charge in [0.25, 0.3) is 5.56 Å². The maximum Gasteiger partial charge on any atom is 0.417 e. The molecule has 0 atom stereocenters. The lowest BCUT2D eigenvalue weighted by Gasteiger charge is -2.10. The number of hydrogen-bond donors (Lipinski definition) is 0. The second-order valence-electron chi connectivity index (χ2n) is 4.26. The molecule has 0 bridgehead atoms. The van der Waals surface area contributed by atoms with Crippen LogP contribution in [-0.4, -0.2) is 9.55 Å². The molecule has 0 unspecified atom stereocenters. The number of alkyl halides is 3. The third-order valence-corrected chi connectivity index (χ3v) is 3.02. The molecule has 0 aliphatic heterocycles. The molecule has 0 N–H and O–H groups in total. The van der Waals surface area contributed by atoms with E-state index >= 15 is 0 Å². The topological polar surface area (TPSA) is 48.0 Å². The summed E-state index contributed by atoms with van der Waals surface area (Å²) in [7, 11) is 0. The van der Waals surface area contributed by atoms with E-state index in [0.29, 0.717) is 23.7 Å².